The summed E-state index contributed by atoms with van der Waals surface area (Å²) in [5.74, 6) is 0.0637. The number of likely N-dealkylation sites (tertiary alicyclic amines) is 1. The monoisotopic (exact) mass is 385 g/mol. The number of amides is 1. The zero-order chi connectivity index (χ0) is 16.8. The molecule has 1 aromatic heterocycles. The maximum absolute atomic E-state index is 14.1. The smallest absolute Gasteiger partial charge is 0.276 e. The van der Waals surface area contributed by atoms with Crippen molar-refractivity contribution in [1.29, 1.82) is 0 Å². The molecule has 2 fully saturated rings. The van der Waals surface area contributed by atoms with Crippen molar-refractivity contribution in [3.63, 3.8) is 0 Å². The minimum Gasteiger partial charge on any atom is -0.337 e. The van der Waals surface area contributed by atoms with Crippen LogP contribution in [0, 0.1) is 17.7 Å². The molecule has 9 heteroatoms. The molecule has 2 N–H and O–H groups in total. The van der Waals surface area contributed by atoms with Gasteiger partial charge in [-0.25, -0.2) is 9.07 Å². The van der Waals surface area contributed by atoms with Crippen molar-refractivity contribution in [3.05, 3.63) is 40.9 Å². The SMILES string of the molecule is Cl.NC1CCC2CN(C(=O)c3cn(-c4cccc(Cl)c4F)nn3)CC12. The van der Waals surface area contributed by atoms with E-state index >= 15 is 0 Å². The molecule has 3 atom stereocenters. The van der Waals surface area contributed by atoms with Crippen molar-refractivity contribution in [2.45, 2.75) is 18.9 Å². The fourth-order valence-corrected chi connectivity index (χ4v) is 3.95. The lowest BCUT2D eigenvalue weighted by atomic mass is 9.98. The molecular weight excluding hydrogens is 368 g/mol. The van der Waals surface area contributed by atoms with Crippen molar-refractivity contribution in [2.24, 2.45) is 17.6 Å². The second-order valence-electron chi connectivity index (χ2n) is 6.50. The minimum atomic E-state index is -0.593. The highest BCUT2D eigenvalue weighted by Crippen LogP contribution is 2.37. The van der Waals surface area contributed by atoms with Gasteiger partial charge in [0.1, 0.15) is 5.69 Å². The fraction of sp³-hybridized carbons (Fsp3) is 0.438. The largest absolute Gasteiger partial charge is 0.337 e. The van der Waals surface area contributed by atoms with Gasteiger partial charge in [-0.15, -0.1) is 17.5 Å². The summed E-state index contributed by atoms with van der Waals surface area (Å²) in [7, 11) is 0. The van der Waals surface area contributed by atoms with Gasteiger partial charge in [0.15, 0.2) is 11.5 Å². The van der Waals surface area contributed by atoms with Gasteiger partial charge in [-0.05, 0) is 36.8 Å². The summed E-state index contributed by atoms with van der Waals surface area (Å²) in [6.07, 6.45) is 3.53. The van der Waals surface area contributed by atoms with Gasteiger partial charge < -0.3 is 10.6 Å². The van der Waals surface area contributed by atoms with Gasteiger partial charge in [-0.2, -0.15) is 0 Å². The maximum atomic E-state index is 14.1. The second kappa shape index (κ2) is 6.90. The average molecular weight is 386 g/mol. The second-order valence-corrected chi connectivity index (χ2v) is 6.90. The number of carbonyl (C=O) groups excluding carboxylic acids is 1. The average Bonchev–Trinajstić information content (AvgIpc) is 3.27. The molecule has 1 aromatic carbocycles. The Morgan fingerprint density at radius 1 is 1.32 bits per heavy atom. The van der Waals surface area contributed by atoms with Crippen LogP contribution in [0.4, 0.5) is 4.39 Å². The number of benzene rings is 1. The molecule has 1 saturated carbocycles. The van der Waals surface area contributed by atoms with Crippen molar-refractivity contribution in [1.82, 2.24) is 19.9 Å². The van der Waals surface area contributed by atoms with E-state index in [1.54, 1.807) is 11.0 Å². The number of nitrogens with two attached hydrogens (primary N) is 1. The van der Waals surface area contributed by atoms with Crippen LogP contribution < -0.4 is 5.73 Å². The quantitative estimate of drug-likeness (QED) is 0.859. The first-order chi connectivity index (χ1) is 11.5. The highest BCUT2D eigenvalue weighted by atomic mass is 35.5. The van der Waals surface area contributed by atoms with Gasteiger partial charge in [0.2, 0.25) is 0 Å². The Bertz CT molecular complexity index is 799. The van der Waals surface area contributed by atoms with Crippen molar-refractivity contribution < 1.29 is 9.18 Å². The Labute approximate surface area is 155 Å². The Morgan fingerprint density at radius 2 is 2.12 bits per heavy atom. The van der Waals surface area contributed by atoms with E-state index in [4.69, 9.17) is 17.3 Å². The highest BCUT2D eigenvalue weighted by molar-refractivity contribution is 6.30. The zero-order valence-electron chi connectivity index (χ0n) is 13.3. The molecule has 6 nitrogen and oxygen atoms in total. The van der Waals surface area contributed by atoms with Crippen molar-refractivity contribution in [2.75, 3.05) is 13.1 Å². The summed E-state index contributed by atoms with van der Waals surface area (Å²) in [4.78, 5) is 14.4. The van der Waals surface area contributed by atoms with Gasteiger partial charge in [-0.1, -0.05) is 22.9 Å². The Kier molecular flexibility index (Phi) is 4.99. The molecule has 3 unspecified atom stereocenters. The number of carbonyl (C=O) groups is 1. The molecule has 2 heterocycles. The van der Waals surface area contributed by atoms with E-state index in [2.05, 4.69) is 10.3 Å². The topological polar surface area (TPSA) is 77.0 Å². The standard InChI is InChI=1S/C16H17ClFN5O.ClH/c17-11-2-1-3-14(15(11)18)23-8-13(20-21-23)16(24)22-6-9-4-5-12(19)10(9)7-22;/h1-3,8-10,12H,4-7,19H2;1H. The van der Waals surface area contributed by atoms with Crippen LogP contribution >= 0.6 is 24.0 Å². The lowest BCUT2D eigenvalue weighted by Crippen LogP contribution is -2.33. The molecule has 134 valence electrons. The third kappa shape index (κ3) is 3.12. The third-order valence-corrected chi connectivity index (χ3v) is 5.38. The first kappa shape index (κ1) is 18.1. The Balaban J connectivity index is 0.00000182. The van der Waals surface area contributed by atoms with Gasteiger partial charge in [-0.3, -0.25) is 4.79 Å². The summed E-state index contributed by atoms with van der Waals surface area (Å²) in [6, 6.07) is 4.77. The van der Waals surface area contributed by atoms with Crippen LogP contribution in [0.2, 0.25) is 5.02 Å². The number of halogens is 3. The van der Waals surface area contributed by atoms with Crippen LogP contribution in [0.3, 0.4) is 0 Å². The van der Waals surface area contributed by atoms with E-state index in [0.717, 1.165) is 12.8 Å². The lowest BCUT2D eigenvalue weighted by molar-refractivity contribution is 0.0773. The summed E-state index contributed by atoms with van der Waals surface area (Å²) >= 11 is 5.78. The first-order valence-electron chi connectivity index (χ1n) is 7.96. The number of hydrogen-bond donors (Lipinski definition) is 1. The van der Waals surface area contributed by atoms with E-state index in [-0.39, 0.29) is 40.8 Å². The molecule has 2 aromatic rings. The van der Waals surface area contributed by atoms with Crippen LogP contribution in [0.1, 0.15) is 23.3 Å². The molecule has 2 aliphatic rings. The lowest BCUT2D eigenvalue weighted by Gasteiger charge is -2.17. The number of fused-ring (bicyclic) bond motifs is 1. The molecule has 25 heavy (non-hydrogen) atoms. The number of hydrogen-bond acceptors (Lipinski definition) is 4. The van der Waals surface area contributed by atoms with E-state index in [1.165, 1.54) is 23.0 Å². The molecule has 1 amide bonds. The van der Waals surface area contributed by atoms with E-state index in [1.807, 2.05) is 0 Å². The van der Waals surface area contributed by atoms with Crippen molar-refractivity contribution >= 4 is 29.9 Å². The van der Waals surface area contributed by atoms with E-state index in [9.17, 15) is 9.18 Å². The highest BCUT2D eigenvalue weighted by Gasteiger charge is 2.43. The molecule has 1 saturated heterocycles. The molecule has 0 spiro atoms. The molecule has 0 bridgehead atoms. The molecule has 1 aliphatic heterocycles. The van der Waals surface area contributed by atoms with Gasteiger partial charge >= 0.3 is 0 Å². The molecular formula is C16H18Cl2FN5O. The molecule has 4 rings (SSSR count). The summed E-state index contributed by atoms with van der Waals surface area (Å²) in [5.41, 5.74) is 6.47. The normalized spacial score (nSPS) is 24.9. The van der Waals surface area contributed by atoms with Gasteiger partial charge in [0.05, 0.1) is 11.2 Å². The first-order valence-corrected chi connectivity index (χ1v) is 8.34. The third-order valence-electron chi connectivity index (χ3n) is 5.09. The number of aromatic nitrogens is 3. The Morgan fingerprint density at radius 3 is 2.88 bits per heavy atom. The fourth-order valence-electron chi connectivity index (χ4n) is 3.78. The summed E-state index contributed by atoms with van der Waals surface area (Å²) < 4.78 is 15.3. The van der Waals surface area contributed by atoms with Crippen molar-refractivity contribution in [3.8, 4) is 5.69 Å². The van der Waals surface area contributed by atoms with Crippen LogP contribution in [-0.4, -0.2) is 44.9 Å². The summed E-state index contributed by atoms with van der Waals surface area (Å²) in [5, 5.41) is 7.76. The van der Waals surface area contributed by atoms with Crippen LogP contribution in [0.25, 0.3) is 5.69 Å². The van der Waals surface area contributed by atoms with E-state index < -0.39 is 5.82 Å². The molecule has 1 aliphatic carbocycles. The Hall–Kier alpha value is -1.70. The maximum Gasteiger partial charge on any atom is 0.276 e. The molecule has 0 radical (unpaired) electrons. The van der Waals surface area contributed by atoms with Gasteiger partial charge in [0, 0.05) is 19.1 Å². The predicted octanol–water partition coefficient (Wildman–Crippen LogP) is 2.29. The predicted molar refractivity (Wildman–Crippen MR) is 93.7 cm³/mol. The van der Waals surface area contributed by atoms with Gasteiger partial charge in [0.25, 0.3) is 5.91 Å². The van der Waals surface area contributed by atoms with Crippen LogP contribution in [0.5, 0.6) is 0 Å². The van der Waals surface area contributed by atoms with E-state index in [0.29, 0.717) is 24.9 Å². The number of nitrogens with zero attached hydrogens (tertiary/aromatic N) is 4. The van der Waals surface area contributed by atoms with Crippen LogP contribution in [0.15, 0.2) is 24.4 Å². The summed E-state index contributed by atoms with van der Waals surface area (Å²) in [6.45, 7) is 1.36. The zero-order valence-corrected chi connectivity index (χ0v) is 14.9. The van der Waals surface area contributed by atoms with Crippen LogP contribution in [-0.2, 0) is 0 Å². The minimum absolute atomic E-state index is 0. The number of rotatable bonds is 2.